The molecule has 1 aliphatic heterocycles. The Labute approximate surface area is 64.4 Å². The lowest BCUT2D eigenvalue weighted by molar-refractivity contribution is -0.119. The van der Waals surface area contributed by atoms with Gasteiger partial charge in [0.25, 0.3) is 0 Å². The van der Waals surface area contributed by atoms with Gasteiger partial charge >= 0.3 is 0 Å². The Bertz CT molecular complexity index is 253. The molecule has 2 rings (SSSR count). The minimum Gasteiger partial charge on any atom is -0.472 e. The molecule has 1 fully saturated rings. The highest BCUT2D eigenvalue weighted by Gasteiger charge is 2.23. The number of nitrogens with one attached hydrogen (secondary N) is 1. The fraction of sp³-hybridized carbons (Fsp3) is 0.375. The van der Waals surface area contributed by atoms with Gasteiger partial charge in [0, 0.05) is 18.9 Å². The van der Waals surface area contributed by atoms with Gasteiger partial charge in [-0.3, -0.25) is 4.79 Å². The Kier molecular flexibility index (Phi) is 1.42. The number of amides is 1. The van der Waals surface area contributed by atoms with E-state index in [0.717, 1.165) is 12.1 Å². The molecule has 0 saturated carbocycles. The topological polar surface area (TPSA) is 42.2 Å². The number of rotatable bonds is 1. The van der Waals surface area contributed by atoms with E-state index in [-0.39, 0.29) is 5.91 Å². The van der Waals surface area contributed by atoms with Crippen LogP contribution in [0.4, 0.5) is 0 Å². The molecular formula is C8H9NO2. The molecule has 1 aromatic rings. The summed E-state index contributed by atoms with van der Waals surface area (Å²) >= 11 is 0. The summed E-state index contributed by atoms with van der Waals surface area (Å²) in [5.74, 6) is 0.456. The van der Waals surface area contributed by atoms with E-state index in [1.807, 2.05) is 6.07 Å². The monoisotopic (exact) mass is 151 g/mol. The highest BCUT2D eigenvalue weighted by molar-refractivity contribution is 5.79. The third kappa shape index (κ3) is 1.13. The van der Waals surface area contributed by atoms with E-state index >= 15 is 0 Å². The van der Waals surface area contributed by atoms with Gasteiger partial charge in [0.15, 0.2) is 0 Å². The molecule has 3 heteroatoms. The Morgan fingerprint density at radius 1 is 1.64 bits per heavy atom. The Hall–Kier alpha value is -1.25. The fourth-order valence-electron chi connectivity index (χ4n) is 1.35. The van der Waals surface area contributed by atoms with E-state index < -0.39 is 0 Å². The first-order valence-corrected chi connectivity index (χ1v) is 3.65. The average molecular weight is 151 g/mol. The van der Waals surface area contributed by atoms with Crippen LogP contribution >= 0.6 is 0 Å². The molecule has 2 heterocycles. The molecule has 0 aromatic carbocycles. The average Bonchev–Trinajstić information content (AvgIpc) is 2.55. The van der Waals surface area contributed by atoms with Crippen molar-refractivity contribution in [3.8, 4) is 0 Å². The van der Waals surface area contributed by atoms with Gasteiger partial charge in [-0.05, 0) is 11.6 Å². The summed E-state index contributed by atoms with van der Waals surface area (Å²) in [7, 11) is 0. The van der Waals surface area contributed by atoms with E-state index in [1.54, 1.807) is 12.5 Å². The molecule has 1 aromatic heterocycles. The molecule has 1 saturated heterocycles. The van der Waals surface area contributed by atoms with E-state index in [9.17, 15) is 4.79 Å². The number of furan rings is 1. The van der Waals surface area contributed by atoms with Gasteiger partial charge in [-0.15, -0.1) is 0 Å². The summed E-state index contributed by atoms with van der Waals surface area (Å²) in [5.41, 5.74) is 1.11. The first kappa shape index (κ1) is 6.46. The van der Waals surface area contributed by atoms with Crippen LogP contribution in [-0.4, -0.2) is 12.5 Å². The fourth-order valence-corrected chi connectivity index (χ4v) is 1.35. The Morgan fingerprint density at radius 3 is 3.09 bits per heavy atom. The molecule has 1 amide bonds. The standard InChI is InChI=1S/C8H9NO2/c10-8-3-7(4-9-8)6-1-2-11-5-6/h1-2,5,7H,3-4H2,(H,9,10)/t7-/m0/s1. The summed E-state index contributed by atoms with van der Waals surface area (Å²) in [6, 6.07) is 1.91. The summed E-state index contributed by atoms with van der Waals surface area (Å²) in [5, 5.41) is 2.78. The second kappa shape index (κ2) is 2.42. The normalized spacial score (nSPS) is 23.6. The lowest BCUT2D eigenvalue weighted by Crippen LogP contribution is -2.13. The van der Waals surface area contributed by atoms with Crippen molar-refractivity contribution in [2.24, 2.45) is 0 Å². The summed E-state index contributed by atoms with van der Waals surface area (Å²) in [6.07, 6.45) is 3.93. The van der Waals surface area contributed by atoms with Crippen LogP contribution in [0.1, 0.15) is 17.9 Å². The van der Waals surface area contributed by atoms with Gasteiger partial charge in [0.1, 0.15) is 0 Å². The van der Waals surface area contributed by atoms with Gasteiger partial charge in [-0.1, -0.05) is 0 Å². The highest BCUT2D eigenvalue weighted by Crippen LogP contribution is 2.22. The number of carbonyl (C=O) groups is 1. The maximum Gasteiger partial charge on any atom is 0.220 e. The van der Waals surface area contributed by atoms with Crippen molar-refractivity contribution >= 4 is 5.91 Å². The van der Waals surface area contributed by atoms with E-state index in [0.29, 0.717) is 12.3 Å². The van der Waals surface area contributed by atoms with Crippen molar-refractivity contribution in [2.75, 3.05) is 6.54 Å². The van der Waals surface area contributed by atoms with Crippen molar-refractivity contribution in [3.05, 3.63) is 24.2 Å². The zero-order valence-electron chi connectivity index (χ0n) is 6.04. The molecule has 0 spiro atoms. The summed E-state index contributed by atoms with van der Waals surface area (Å²) in [4.78, 5) is 10.8. The lowest BCUT2D eigenvalue weighted by Gasteiger charge is -2.00. The van der Waals surface area contributed by atoms with Crippen molar-refractivity contribution in [1.82, 2.24) is 5.32 Å². The Morgan fingerprint density at radius 2 is 2.55 bits per heavy atom. The maximum absolute atomic E-state index is 10.8. The molecule has 0 aliphatic carbocycles. The molecule has 3 nitrogen and oxygen atoms in total. The minimum atomic E-state index is 0.135. The first-order chi connectivity index (χ1) is 5.36. The molecule has 1 atom stereocenters. The molecular weight excluding hydrogens is 142 g/mol. The van der Waals surface area contributed by atoms with Crippen LogP contribution in [0.5, 0.6) is 0 Å². The second-order valence-electron chi connectivity index (χ2n) is 2.76. The summed E-state index contributed by atoms with van der Waals surface area (Å²) in [6.45, 7) is 0.748. The van der Waals surface area contributed by atoms with Crippen LogP contribution in [0.3, 0.4) is 0 Å². The van der Waals surface area contributed by atoms with Crippen LogP contribution in [0, 0.1) is 0 Å². The second-order valence-corrected chi connectivity index (χ2v) is 2.76. The van der Waals surface area contributed by atoms with Gasteiger partial charge in [-0.25, -0.2) is 0 Å². The third-order valence-corrected chi connectivity index (χ3v) is 1.99. The largest absolute Gasteiger partial charge is 0.472 e. The molecule has 0 unspecified atom stereocenters. The summed E-state index contributed by atoms with van der Waals surface area (Å²) < 4.78 is 4.92. The van der Waals surface area contributed by atoms with Crippen LogP contribution in [0.2, 0.25) is 0 Å². The van der Waals surface area contributed by atoms with Crippen molar-refractivity contribution in [3.63, 3.8) is 0 Å². The quantitative estimate of drug-likeness (QED) is 0.647. The molecule has 0 bridgehead atoms. The minimum absolute atomic E-state index is 0.135. The van der Waals surface area contributed by atoms with Gasteiger partial charge in [0.05, 0.1) is 12.5 Å². The number of hydrogen-bond donors (Lipinski definition) is 1. The molecule has 1 N–H and O–H groups in total. The lowest BCUT2D eigenvalue weighted by atomic mass is 10.0. The molecule has 1 aliphatic rings. The van der Waals surface area contributed by atoms with E-state index in [4.69, 9.17) is 4.42 Å². The van der Waals surface area contributed by atoms with Crippen molar-refractivity contribution in [1.29, 1.82) is 0 Å². The molecule has 0 radical (unpaired) electrons. The van der Waals surface area contributed by atoms with Crippen molar-refractivity contribution < 1.29 is 9.21 Å². The zero-order valence-corrected chi connectivity index (χ0v) is 6.04. The van der Waals surface area contributed by atoms with Crippen molar-refractivity contribution in [2.45, 2.75) is 12.3 Å². The SMILES string of the molecule is O=C1C[C@H](c2ccoc2)CN1. The zero-order chi connectivity index (χ0) is 7.68. The van der Waals surface area contributed by atoms with Gasteiger partial charge in [-0.2, -0.15) is 0 Å². The smallest absolute Gasteiger partial charge is 0.220 e. The number of carbonyl (C=O) groups excluding carboxylic acids is 1. The molecule has 58 valence electrons. The van der Waals surface area contributed by atoms with Crippen LogP contribution in [-0.2, 0) is 4.79 Å². The highest BCUT2D eigenvalue weighted by atomic mass is 16.3. The van der Waals surface area contributed by atoms with E-state index in [1.165, 1.54) is 0 Å². The molecule has 11 heavy (non-hydrogen) atoms. The maximum atomic E-state index is 10.8. The third-order valence-electron chi connectivity index (χ3n) is 1.99. The number of hydrogen-bond acceptors (Lipinski definition) is 2. The predicted octanol–water partition coefficient (Wildman–Crippen LogP) is 0.883. The van der Waals surface area contributed by atoms with Crippen LogP contribution in [0.15, 0.2) is 23.0 Å². The van der Waals surface area contributed by atoms with Crippen LogP contribution in [0.25, 0.3) is 0 Å². The van der Waals surface area contributed by atoms with Gasteiger partial charge < -0.3 is 9.73 Å². The first-order valence-electron chi connectivity index (χ1n) is 3.65. The Balaban J connectivity index is 2.13. The van der Waals surface area contributed by atoms with E-state index in [2.05, 4.69) is 5.32 Å². The predicted molar refractivity (Wildman–Crippen MR) is 39.1 cm³/mol. The van der Waals surface area contributed by atoms with Crippen LogP contribution < -0.4 is 5.32 Å². The van der Waals surface area contributed by atoms with Gasteiger partial charge in [0.2, 0.25) is 5.91 Å².